The molecule has 30 heavy (non-hydrogen) atoms. The Kier molecular flexibility index (Phi) is 5.33. The summed E-state index contributed by atoms with van der Waals surface area (Å²) in [5.74, 6) is -2.55. The molecule has 0 aliphatic heterocycles. The lowest BCUT2D eigenvalue weighted by molar-refractivity contribution is -0.212. The SMILES string of the molecule is Cn1cc(S(=O)(=O)NC2(C(F)(F)F)CCC2)c(F)c1C(=O)Nc1ccnc(C#N)c1. The van der Waals surface area contributed by atoms with Crippen LogP contribution in [0.15, 0.2) is 29.4 Å². The maximum Gasteiger partial charge on any atom is 0.407 e. The maximum absolute atomic E-state index is 14.8. The van der Waals surface area contributed by atoms with E-state index in [1.165, 1.54) is 25.4 Å². The third-order valence-electron chi connectivity index (χ3n) is 4.80. The molecule has 1 saturated carbocycles. The highest BCUT2D eigenvalue weighted by atomic mass is 32.2. The number of rotatable bonds is 5. The van der Waals surface area contributed by atoms with Gasteiger partial charge < -0.3 is 9.88 Å². The van der Waals surface area contributed by atoms with Gasteiger partial charge >= 0.3 is 6.18 Å². The number of carbonyl (C=O) groups is 1. The standard InChI is InChI=1S/C17H15F4N5O3S/c1-26-9-12(30(28,29)25-16(4-2-5-16)17(19,20)21)13(18)14(26)15(27)24-10-3-6-23-11(7-10)8-22/h3,6-7,9,25H,2,4-5H2,1H3,(H,23,24,27). The summed E-state index contributed by atoms with van der Waals surface area (Å²) in [6.07, 6.45) is -3.64. The molecule has 0 spiro atoms. The predicted octanol–water partition coefficient (Wildman–Crippen LogP) is 2.45. The summed E-state index contributed by atoms with van der Waals surface area (Å²) < 4.78 is 82.2. The molecule has 0 saturated heterocycles. The van der Waals surface area contributed by atoms with Crippen molar-refractivity contribution in [3.63, 3.8) is 0 Å². The minimum absolute atomic E-state index is 0.0226. The molecule has 1 fully saturated rings. The largest absolute Gasteiger partial charge is 0.407 e. The summed E-state index contributed by atoms with van der Waals surface area (Å²) >= 11 is 0. The van der Waals surface area contributed by atoms with Crippen LogP contribution >= 0.6 is 0 Å². The van der Waals surface area contributed by atoms with Crippen LogP contribution in [0.2, 0.25) is 0 Å². The molecule has 2 heterocycles. The fourth-order valence-corrected chi connectivity index (χ4v) is 4.64. The van der Waals surface area contributed by atoms with Gasteiger partial charge in [0.1, 0.15) is 27.9 Å². The Morgan fingerprint density at radius 1 is 1.37 bits per heavy atom. The van der Waals surface area contributed by atoms with E-state index >= 15 is 0 Å². The Morgan fingerprint density at radius 3 is 2.57 bits per heavy atom. The molecule has 1 aliphatic carbocycles. The lowest BCUT2D eigenvalue weighted by Crippen LogP contribution is -2.62. The number of nitrogens with zero attached hydrogens (tertiary/aromatic N) is 3. The van der Waals surface area contributed by atoms with Gasteiger partial charge in [0.25, 0.3) is 5.91 Å². The average Bonchev–Trinajstić information content (AvgIpc) is 2.92. The number of amides is 1. The maximum atomic E-state index is 14.8. The van der Waals surface area contributed by atoms with Crippen molar-refractivity contribution in [2.24, 2.45) is 7.05 Å². The van der Waals surface area contributed by atoms with E-state index in [1.54, 1.807) is 10.8 Å². The molecular formula is C17H15F4N5O3S. The van der Waals surface area contributed by atoms with Crippen LogP contribution in [0.1, 0.15) is 35.4 Å². The molecule has 0 aromatic carbocycles. The van der Waals surface area contributed by atoms with Crippen molar-refractivity contribution in [3.8, 4) is 6.07 Å². The third-order valence-corrected chi connectivity index (χ3v) is 6.33. The van der Waals surface area contributed by atoms with Gasteiger partial charge in [-0.15, -0.1) is 0 Å². The molecule has 2 aromatic rings. The fourth-order valence-electron chi connectivity index (χ4n) is 3.06. The van der Waals surface area contributed by atoms with E-state index in [0.717, 1.165) is 10.8 Å². The molecule has 2 aromatic heterocycles. The first-order chi connectivity index (χ1) is 13.9. The Balaban J connectivity index is 1.91. The molecule has 8 nitrogen and oxygen atoms in total. The monoisotopic (exact) mass is 445 g/mol. The normalized spacial score (nSPS) is 15.9. The molecular weight excluding hydrogens is 430 g/mol. The summed E-state index contributed by atoms with van der Waals surface area (Å²) in [5, 5.41) is 11.1. The van der Waals surface area contributed by atoms with Crippen LogP contribution in [-0.2, 0) is 17.1 Å². The molecule has 1 amide bonds. The van der Waals surface area contributed by atoms with Gasteiger partial charge in [-0.1, -0.05) is 0 Å². The first-order valence-electron chi connectivity index (χ1n) is 8.53. The van der Waals surface area contributed by atoms with Crippen LogP contribution in [0.3, 0.4) is 0 Å². The zero-order valence-electron chi connectivity index (χ0n) is 15.4. The number of hydrogen-bond acceptors (Lipinski definition) is 5. The Hall–Kier alpha value is -2.98. The number of carbonyl (C=O) groups excluding carboxylic acids is 1. The van der Waals surface area contributed by atoms with Crippen LogP contribution in [0, 0.1) is 17.1 Å². The summed E-state index contributed by atoms with van der Waals surface area (Å²) in [6, 6.07) is 4.28. The number of hydrogen-bond donors (Lipinski definition) is 2. The number of aromatic nitrogens is 2. The van der Waals surface area contributed by atoms with Crippen LogP contribution in [0.4, 0.5) is 23.2 Å². The Labute approximate surface area is 168 Å². The number of halogens is 4. The smallest absolute Gasteiger partial charge is 0.343 e. The minimum atomic E-state index is -4.91. The van der Waals surface area contributed by atoms with Crippen LogP contribution < -0.4 is 10.0 Å². The number of pyridine rings is 1. The van der Waals surface area contributed by atoms with Crippen molar-refractivity contribution in [1.29, 1.82) is 5.26 Å². The van der Waals surface area contributed by atoms with E-state index in [9.17, 15) is 30.8 Å². The van der Waals surface area contributed by atoms with Crippen molar-refractivity contribution in [2.45, 2.75) is 35.9 Å². The highest BCUT2D eigenvalue weighted by Crippen LogP contribution is 2.46. The first-order valence-corrected chi connectivity index (χ1v) is 10.0. The molecule has 2 N–H and O–H groups in total. The molecule has 3 rings (SSSR count). The van der Waals surface area contributed by atoms with Crippen LogP contribution in [0.5, 0.6) is 0 Å². The summed E-state index contributed by atoms with van der Waals surface area (Å²) in [5.41, 5.74) is -3.28. The summed E-state index contributed by atoms with van der Waals surface area (Å²) in [4.78, 5) is 15.1. The van der Waals surface area contributed by atoms with E-state index in [0.29, 0.717) is 0 Å². The quantitative estimate of drug-likeness (QED) is 0.686. The van der Waals surface area contributed by atoms with Crippen molar-refractivity contribution < 1.29 is 30.8 Å². The molecule has 0 atom stereocenters. The molecule has 0 radical (unpaired) electrons. The number of nitriles is 1. The van der Waals surface area contributed by atoms with Gasteiger partial charge in [0.05, 0.1) is 0 Å². The molecule has 160 valence electrons. The van der Waals surface area contributed by atoms with Gasteiger partial charge in [0.15, 0.2) is 5.82 Å². The van der Waals surface area contributed by atoms with E-state index in [4.69, 9.17) is 5.26 Å². The van der Waals surface area contributed by atoms with E-state index in [-0.39, 0.29) is 17.8 Å². The lowest BCUT2D eigenvalue weighted by atomic mass is 9.77. The summed E-state index contributed by atoms with van der Waals surface area (Å²) in [6.45, 7) is 0. The highest BCUT2D eigenvalue weighted by Gasteiger charge is 2.60. The van der Waals surface area contributed by atoms with Crippen molar-refractivity contribution in [2.75, 3.05) is 5.32 Å². The zero-order chi connectivity index (χ0) is 22.3. The van der Waals surface area contributed by atoms with E-state index in [2.05, 4.69) is 10.3 Å². The number of sulfonamides is 1. The lowest BCUT2D eigenvalue weighted by Gasteiger charge is -2.43. The second kappa shape index (κ2) is 7.37. The number of nitrogens with one attached hydrogen (secondary N) is 2. The number of anilines is 1. The van der Waals surface area contributed by atoms with Crippen LogP contribution in [-0.4, -0.2) is 35.6 Å². The second-order valence-electron chi connectivity index (χ2n) is 6.80. The predicted molar refractivity (Wildman–Crippen MR) is 95.2 cm³/mol. The van der Waals surface area contributed by atoms with Crippen molar-refractivity contribution >= 4 is 21.6 Å². The summed E-state index contributed by atoms with van der Waals surface area (Å²) in [7, 11) is -3.74. The fraction of sp³-hybridized carbons (Fsp3) is 0.353. The van der Waals surface area contributed by atoms with Crippen LogP contribution in [0.25, 0.3) is 0 Å². The van der Waals surface area contributed by atoms with Gasteiger partial charge in [-0.25, -0.2) is 17.8 Å². The first kappa shape index (κ1) is 21.7. The Bertz CT molecular complexity index is 1150. The second-order valence-corrected chi connectivity index (χ2v) is 8.45. The van der Waals surface area contributed by atoms with Gasteiger partial charge in [-0.2, -0.15) is 23.2 Å². The topological polar surface area (TPSA) is 117 Å². The van der Waals surface area contributed by atoms with Gasteiger partial charge in [0, 0.05) is 25.1 Å². The van der Waals surface area contributed by atoms with E-state index in [1.807, 2.05) is 0 Å². The van der Waals surface area contributed by atoms with E-state index < -0.39 is 56.9 Å². The zero-order valence-corrected chi connectivity index (χ0v) is 16.2. The van der Waals surface area contributed by atoms with Gasteiger partial charge in [-0.05, 0) is 31.4 Å². The minimum Gasteiger partial charge on any atom is -0.343 e. The highest BCUT2D eigenvalue weighted by molar-refractivity contribution is 7.89. The van der Waals surface area contributed by atoms with Crippen molar-refractivity contribution in [1.82, 2.24) is 14.3 Å². The van der Waals surface area contributed by atoms with Gasteiger partial charge in [-0.3, -0.25) is 4.79 Å². The molecule has 0 bridgehead atoms. The molecule has 1 aliphatic rings. The van der Waals surface area contributed by atoms with Gasteiger partial charge in [0.2, 0.25) is 10.0 Å². The number of alkyl halides is 3. The average molecular weight is 445 g/mol. The third kappa shape index (κ3) is 3.75. The van der Waals surface area contributed by atoms with Crippen molar-refractivity contribution in [3.05, 3.63) is 41.7 Å². The molecule has 13 heteroatoms. The number of aryl methyl sites for hydroxylation is 1. The Morgan fingerprint density at radius 2 is 2.03 bits per heavy atom. The molecule has 0 unspecified atom stereocenters.